The minimum Gasteiger partial charge on any atom is -0.395 e. The Labute approximate surface area is 127 Å². The summed E-state index contributed by atoms with van der Waals surface area (Å²) in [5, 5.41) is 12.5. The topological polar surface area (TPSA) is 69.6 Å². The van der Waals surface area contributed by atoms with Crippen LogP contribution in [0.25, 0.3) is 0 Å². The first-order valence-corrected chi connectivity index (χ1v) is 8.98. The Morgan fingerprint density at radius 2 is 2.05 bits per heavy atom. The van der Waals surface area contributed by atoms with Crippen molar-refractivity contribution in [2.45, 2.75) is 44.0 Å². The van der Waals surface area contributed by atoms with Gasteiger partial charge in [-0.3, -0.25) is 0 Å². The van der Waals surface area contributed by atoms with Gasteiger partial charge in [-0.05, 0) is 43.0 Å². The Bertz CT molecular complexity index is 583. The molecule has 5 nitrogen and oxygen atoms in total. The summed E-state index contributed by atoms with van der Waals surface area (Å²) in [7, 11) is -3.56. The molecule has 21 heavy (non-hydrogen) atoms. The molecular weight excluding hydrogens is 288 g/mol. The van der Waals surface area contributed by atoms with Crippen molar-refractivity contribution in [1.29, 1.82) is 0 Å². The van der Waals surface area contributed by atoms with Gasteiger partial charge in [0.05, 0.1) is 11.5 Å². The Balaban J connectivity index is 2.38. The molecule has 118 valence electrons. The predicted molar refractivity (Wildman–Crippen MR) is 84.0 cm³/mol. The lowest BCUT2D eigenvalue weighted by Gasteiger charge is -2.29. The van der Waals surface area contributed by atoms with E-state index in [1.54, 1.807) is 12.1 Å². The van der Waals surface area contributed by atoms with Gasteiger partial charge in [-0.25, -0.2) is 8.42 Å². The second-order valence-corrected chi connectivity index (χ2v) is 7.20. The fourth-order valence-corrected chi connectivity index (χ4v) is 4.69. The number of nitrogens with one attached hydrogen (secondary N) is 1. The summed E-state index contributed by atoms with van der Waals surface area (Å²) in [6, 6.07) is 5.17. The Kier molecular flexibility index (Phi) is 5.24. The molecule has 2 rings (SSSR count). The molecule has 1 aromatic carbocycles. The summed E-state index contributed by atoms with van der Waals surface area (Å²) in [5.74, 6) is 0. The van der Waals surface area contributed by atoms with Crippen LogP contribution in [0.2, 0.25) is 0 Å². The molecule has 0 unspecified atom stereocenters. The van der Waals surface area contributed by atoms with Crippen LogP contribution in [0.4, 0.5) is 5.69 Å². The van der Waals surface area contributed by atoms with Crippen molar-refractivity contribution in [3.63, 3.8) is 0 Å². The van der Waals surface area contributed by atoms with Gasteiger partial charge in [-0.15, -0.1) is 0 Å². The molecule has 1 aliphatic rings. The second-order valence-electron chi connectivity index (χ2n) is 5.31. The largest absolute Gasteiger partial charge is 0.395 e. The van der Waals surface area contributed by atoms with Gasteiger partial charge in [0.15, 0.2) is 0 Å². The van der Waals surface area contributed by atoms with Gasteiger partial charge in [0.1, 0.15) is 0 Å². The first-order chi connectivity index (χ1) is 10.0. The van der Waals surface area contributed by atoms with Gasteiger partial charge in [0, 0.05) is 24.8 Å². The van der Waals surface area contributed by atoms with E-state index in [0.29, 0.717) is 4.90 Å². The van der Waals surface area contributed by atoms with Crippen molar-refractivity contribution in [1.82, 2.24) is 4.31 Å². The van der Waals surface area contributed by atoms with Gasteiger partial charge in [-0.2, -0.15) is 4.31 Å². The summed E-state index contributed by atoms with van der Waals surface area (Å²) in [5.41, 5.74) is 2.06. The van der Waals surface area contributed by atoms with Crippen LogP contribution in [-0.4, -0.2) is 43.6 Å². The molecule has 0 aliphatic carbocycles. The summed E-state index contributed by atoms with van der Waals surface area (Å²) in [6.07, 6.45) is 2.33. The van der Waals surface area contributed by atoms with E-state index in [-0.39, 0.29) is 19.2 Å². The zero-order chi connectivity index (χ0) is 15.5. The number of benzene rings is 1. The van der Waals surface area contributed by atoms with E-state index < -0.39 is 10.0 Å². The average molecular weight is 312 g/mol. The lowest BCUT2D eigenvalue weighted by molar-refractivity contribution is 0.219. The highest BCUT2D eigenvalue weighted by Crippen LogP contribution is 2.28. The van der Waals surface area contributed by atoms with Crippen LogP contribution in [0, 0.1) is 0 Å². The van der Waals surface area contributed by atoms with Gasteiger partial charge in [0.2, 0.25) is 10.0 Å². The molecule has 1 aromatic rings. The van der Waals surface area contributed by atoms with Crippen molar-refractivity contribution < 1.29 is 13.5 Å². The van der Waals surface area contributed by atoms with Crippen molar-refractivity contribution in [2.24, 2.45) is 0 Å². The maximum Gasteiger partial charge on any atom is 0.243 e. The van der Waals surface area contributed by atoms with E-state index >= 15 is 0 Å². The summed E-state index contributed by atoms with van der Waals surface area (Å²) in [6.45, 7) is 4.78. The number of rotatable bonds is 7. The van der Waals surface area contributed by atoms with Crippen LogP contribution < -0.4 is 5.32 Å². The van der Waals surface area contributed by atoms with E-state index in [0.717, 1.165) is 37.1 Å². The number of anilines is 1. The third-order valence-corrected chi connectivity index (χ3v) is 6.01. The second kappa shape index (κ2) is 6.77. The van der Waals surface area contributed by atoms with Crippen molar-refractivity contribution in [3.8, 4) is 0 Å². The molecule has 1 heterocycles. The van der Waals surface area contributed by atoms with Crippen LogP contribution in [0.5, 0.6) is 0 Å². The van der Waals surface area contributed by atoms with Crippen LogP contribution in [0.1, 0.15) is 32.3 Å². The first kappa shape index (κ1) is 16.3. The molecule has 0 saturated carbocycles. The highest BCUT2D eigenvalue weighted by molar-refractivity contribution is 7.89. The number of fused-ring (bicyclic) bond motifs is 1. The minimum atomic E-state index is -3.56. The van der Waals surface area contributed by atoms with E-state index in [1.165, 1.54) is 4.31 Å². The third kappa shape index (κ3) is 3.22. The highest BCUT2D eigenvalue weighted by atomic mass is 32.2. The molecule has 0 bridgehead atoms. The SMILES string of the molecule is CCC(CC)N(CCO)S(=O)(=O)c1ccc2c(c1)CCN2. The van der Waals surface area contributed by atoms with Crippen molar-refractivity contribution in [2.75, 3.05) is 25.0 Å². The summed E-state index contributed by atoms with van der Waals surface area (Å²) >= 11 is 0. The minimum absolute atomic E-state index is 0.0754. The van der Waals surface area contributed by atoms with Gasteiger partial charge in [-0.1, -0.05) is 13.8 Å². The molecule has 0 radical (unpaired) electrons. The zero-order valence-corrected chi connectivity index (χ0v) is 13.5. The Morgan fingerprint density at radius 1 is 1.33 bits per heavy atom. The fourth-order valence-electron chi connectivity index (χ4n) is 2.87. The maximum atomic E-state index is 12.9. The van der Waals surface area contributed by atoms with Gasteiger partial charge < -0.3 is 10.4 Å². The molecule has 2 N–H and O–H groups in total. The zero-order valence-electron chi connectivity index (χ0n) is 12.7. The number of aliphatic hydroxyl groups excluding tert-OH is 1. The first-order valence-electron chi connectivity index (χ1n) is 7.54. The molecule has 0 aromatic heterocycles. The third-order valence-electron chi connectivity index (χ3n) is 4.06. The average Bonchev–Trinajstić information content (AvgIpc) is 2.94. The molecule has 0 saturated heterocycles. The van der Waals surface area contributed by atoms with E-state index in [4.69, 9.17) is 0 Å². The molecule has 0 atom stereocenters. The van der Waals surface area contributed by atoms with Crippen LogP contribution >= 0.6 is 0 Å². The molecular formula is C15H24N2O3S. The van der Waals surface area contributed by atoms with Crippen LogP contribution in [-0.2, 0) is 16.4 Å². The fraction of sp³-hybridized carbons (Fsp3) is 0.600. The molecule has 1 aliphatic heterocycles. The molecule has 0 amide bonds. The molecule has 0 fully saturated rings. The lowest BCUT2D eigenvalue weighted by Crippen LogP contribution is -2.41. The Hall–Kier alpha value is -1.11. The summed E-state index contributed by atoms with van der Waals surface area (Å²) < 4.78 is 27.2. The predicted octanol–water partition coefficient (Wildman–Crippen LogP) is 1.83. The monoisotopic (exact) mass is 312 g/mol. The van der Waals surface area contributed by atoms with E-state index in [9.17, 15) is 13.5 Å². The van der Waals surface area contributed by atoms with Crippen molar-refractivity contribution >= 4 is 15.7 Å². The lowest BCUT2D eigenvalue weighted by atomic mass is 10.2. The van der Waals surface area contributed by atoms with Gasteiger partial charge >= 0.3 is 0 Å². The van der Waals surface area contributed by atoms with Crippen LogP contribution in [0.3, 0.4) is 0 Å². The normalized spacial score (nSPS) is 14.5. The van der Waals surface area contributed by atoms with E-state index in [2.05, 4.69) is 5.32 Å². The highest BCUT2D eigenvalue weighted by Gasteiger charge is 2.30. The number of hydrogen-bond acceptors (Lipinski definition) is 4. The van der Waals surface area contributed by atoms with Gasteiger partial charge in [0.25, 0.3) is 0 Å². The smallest absolute Gasteiger partial charge is 0.243 e. The van der Waals surface area contributed by atoms with Crippen molar-refractivity contribution in [3.05, 3.63) is 23.8 Å². The number of aliphatic hydroxyl groups is 1. The van der Waals surface area contributed by atoms with E-state index in [1.807, 2.05) is 19.9 Å². The molecule has 0 spiro atoms. The quantitative estimate of drug-likeness (QED) is 0.806. The summed E-state index contributed by atoms with van der Waals surface area (Å²) in [4.78, 5) is 0.324. The standard InChI is InChI=1S/C15H24N2O3S/c1-3-13(4-2)17(9-10-18)21(19,20)14-5-6-15-12(11-14)7-8-16-15/h5-6,11,13,16,18H,3-4,7-10H2,1-2H3. The number of hydrogen-bond donors (Lipinski definition) is 2. The number of sulfonamides is 1. The molecule has 6 heteroatoms. The van der Waals surface area contributed by atoms with Crippen LogP contribution in [0.15, 0.2) is 23.1 Å². The maximum absolute atomic E-state index is 12.9. The number of nitrogens with zero attached hydrogens (tertiary/aromatic N) is 1. The Morgan fingerprint density at radius 3 is 2.67 bits per heavy atom.